The highest BCUT2D eigenvalue weighted by Gasteiger charge is 2.51. The number of carbonyl (C=O) groups excluding carboxylic acids is 2. The van der Waals surface area contributed by atoms with Gasteiger partial charge in [-0.05, 0) is 51.4 Å². The number of allylic oxidation sites excluding steroid dienone is 10. The Morgan fingerprint density at radius 3 is 1.37 bits per heavy atom. The van der Waals surface area contributed by atoms with Crippen LogP contribution in [0.1, 0.15) is 181 Å². The molecule has 0 spiro atoms. The van der Waals surface area contributed by atoms with E-state index in [0.717, 1.165) is 44.9 Å². The third kappa shape index (κ3) is 31.2. The van der Waals surface area contributed by atoms with E-state index in [1.165, 1.54) is 89.9 Å². The molecule has 0 radical (unpaired) electrons. The molecule has 0 heterocycles. The van der Waals surface area contributed by atoms with E-state index >= 15 is 0 Å². The van der Waals surface area contributed by atoms with Crippen molar-refractivity contribution >= 4 is 19.8 Å². The molecule has 6 N–H and O–H groups in total. The van der Waals surface area contributed by atoms with Crippen LogP contribution in [0.25, 0.3) is 0 Å². The monoisotopic (exact) mass is 913 g/mol. The number of ether oxygens (including phenoxy) is 2. The summed E-state index contributed by atoms with van der Waals surface area (Å²) in [5.41, 5.74) is 0. The summed E-state index contributed by atoms with van der Waals surface area (Å²) >= 11 is 0. The maximum absolute atomic E-state index is 12.8. The van der Waals surface area contributed by atoms with Gasteiger partial charge in [-0.1, -0.05) is 177 Å². The molecular weight excluding hydrogens is 828 g/mol. The van der Waals surface area contributed by atoms with Crippen molar-refractivity contribution < 1.29 is 63.1 Å². The third-order valence-corrected chi connectivity index (χ3v) is 11.9. The van der Waals surface area contributed by atoms with Crippen LogP contribution in [0.2, 0.25) is 0 Å². The zero-order valence-electron chi connectivity index (χ0n) is 38.6. The number of unbranched alkanes of at least 4 members (excludes halogenated alkanes) is 17. The highest BCUT2D eigenvalue weighted by atomic mass is 31.2. The summed E-state index contributed by atoms with van der Waals surface area (Å²) in [7, 11) is -5.14. The van der Waals surface area contributed by atoms with Crippen LogP contribution >= 0.6 is 7.82 Å². The Labute approximate surface area is 379 Å². The van der Waals surface area contributed by atoms with Crippen LogP contribution in [0.5, 0.6) is 0 Å². The number of aliphatic hydroxyl groups is 5. The van der Waals surface area contributed by atoms with Gasteiger partial charge in [-0.3, -0.25) is 18.6 Å². The number of hydrogen-bond acceptors (Lipinski definition) is 12. The number of hydrogen-bond donors (Lipinski definition) is 6. The van der Waals surface area contributed by atoms with E-state index in [1.54, 1.807) is 0 Å². The van der Waals surface area contributed by atoms with E-state index in [4.69, 9.17) is 18.5 Å². The Kier molecular flexibility index (Phi) is 36.1. The fourth-order valence-corrected chi connectivity index (χ4v) is 7.95. The highest BCUT2D eigenvalue weighted by Crippen LogP contribution is 2.47. The number of phosphoric acid groups is 1. The van der Waals surface area contributed by atoms with E-state index < -0.39 is 75.7 Å². The first kappa shape index (κ1) is 58.6. The van der Waals surface area contributed by atoms with Gasteiger partial charge in [0.15, 0.2) is 6.10 Å². The molecule has 8 atom stereocenters. The standard InChI is InChI=1S/C49H85O13P/c1-3-5-7-9-11-13-15-17-19-20-21-22-24-26-28-30-32-34-36-38-43(51)61-41(40-60-63(57,58)62-49-47(55)45(53)44(52)46(54)48(49)56)39-59-42(50)37-35-33-31-29-27-25-23-18-16-14-12-10-8-6-4-2/h11,13,17,19,21-22,26,28,32,34,41,44-49,52-56H,3-10,12,14-16,18,20,23-25,27,29-31,33,35-40H2,1-2H3,(H,57,58)/b13-11+,19-17+,22-21+,28-26+,34-32+/t41-,44?,45-,46?,47?,48?,49?/m1/s1. The molecule has 1 aliphatic carbocycles. The van der Waals surface area contributed by atoms with Crippen LogP contribution in [-0.2, 0) is 32.7 Å². The van der Waals surface area contributed by atoms with Crippen LogP contribution in [0.4, 0.5) is 0 Å². The van der Waals surface area contributed by atoms with Crippen molar-refractivity contribution in [1.82, 2.24) is 0 Å². The number of phosphoric ester groups is 1. The Morgan fingerprint density at radius 1 is 0.492 bits per heavy atom. The van der Waals surface area contributed by atoms with Crippen LogP contribution in [-0.4, -0.2) is 98.3 Å². The minimum Gasteiger partial charge on any atom is -0.462 e. The van der Waals surface area contributed by atoms with Crippen molar-refractivity contribution in [3.63, 3.8) is 0 Å². The predicted molar refractivity (Wildman–Crippen MR) is 249 cm³/mol. The smallest absolute Gasteiger partial charge is 0.462 e. The number of rotatable bonds is 39. The molecule has 1 fully saturated rings. The molecule has 0 saturated heterocycles. The second-order valence-electron chi connectivity index (χ2n) is 16.6. The minimum absolute atomic E-state index is 0.0272. The normalized spacial score (nSPS) is 22.2. The predicted octanol–water partition coefficient (Wildman–Crippen LogP) is 9.73. The van der Waals surface area contributed by atoms with Crippen LogP contribution in [0.15, 0.2) is 60.8 Å². The summed E-state index contributed by atoms with van der Waals surface area (Å²) in [5.74, 6) is -1.19. The molecule has 13 nitrogen and oxygen atoms in total. The fraction of sp³-hybridized carbons (Fsp3) is 0.755. The van der Waals surface area contributed by atoms with Crippen LogP contribution in [0, 0.1) is 0 Å². The molecule has 0 aromatic rings. The third-order valence-electron chi connectivity index (χ3n) is 10.9. The molecule has 1 aliphatic rings. The molecule has 0 bridgehead atoms. The van der Waals surface area contributed by atoms with E-state index in [1.807, 2.05) is 18.2 Å². The molecule has 6 unspecified atom stereocenters. The molecule has 0 amide bonds. The average molecular weight is 913 g/mol. The molecule has 0 aromatic carbocycles. The van der Waals surface area contributed by atoms with Crippen LogP contribution in [0.3, 0.4) is 0 Å². The second kappa shape index (κ2) is 38.8. The summed E-state index contributed by atoms with van der Waals surface area (Å²) in [5, 5.41) is 50.2. The second-order valence-corrected chi connectivity index (χ2v) is 18.0. The van der Waals surface area contributed by atoms with E-state index in [-0.39, 0.29) is 12.8 Å². The van der Waals surface area contributed by atoms with Crippen molar-refractivity contribution in [3.05, 3.63) is 60.8 Å². The first-order valence-corrected chi connectivity index (χ1v) is 25.6. The van der Waals surface area contributed by atoms with Gasteiger partial charge < -0.3 is 39.9 Å². The van der Waals surface area contributed by atoms with Crippen molar-refractivity contribution in [2.45, 2.75) is 224 Å². The summed E-state index contributed by atoms with van der Waals surface area (Å²) in [4.78, 5) is 35.7. The average Bonchev–Trinajstić information content (AvgIpc) is 3.26. The zero-order chi connectivity index (χ0) is 46.4. The largest absolute Gasteiger partial charge is 0.472 e. The van der Waals surface area contributed by atoms with Gasteiger partial charge in [0.25, 0.3) is 0 Å². The van der Waals surface area contributed by atoms with Gasteiger partial charge in [0.2, 0.25) is 0 Å². The van der Waals surface area contributed by atoms with Gasteiger partial charge in [0.1, 0.15) is 43.2 Å². The Morgan fingerprint density at radius 2 is 0.889 bits per heavy atom. The SMILES string of the molecule is CCCCC/C=C/C/C=C/C/C=C/C/C=C/C/C=C/CCC(=O)O[C@H](COC(=O)CCCCCCCCCCCCCCCCC)COP(=O)(O)OC1C(O)C(O)C(O)[C@@H](O)C1O. The van der Waals surface area contributed by atoms with Crippen LogP contribution < -0.4 is 0 Å². The molecule has 1 saturated carbocycles. The lowest BCUT2D eigenvalue weighted by Crippen LogP contribution is -2.64. The molecular formula is C49H85O13P. The fourth-order valence-electron chi connectivity index (χ4n) is 6.98. The Balaban J connectivity index is 2.50. The maximum atomic E-state index is 12.8. The van der Waals surface area contributed by atoms with Crippen molar-refractivity contribution in [1.29, 1.82) is 0 Å². The van der Waals surface area contributed by atoms with E-state index in [9.17, 15) is 44.6 Å². The van der Waals surface area contributed by atoms with Crippen molar-refractivity contribution in [3.8, 4) is 0 Å². The van der Waals surface area contributed by atoms with Crippen molar-refractivity contribution in [2.24, 2.45) is 0 Å². The summed E-state index contributed by atoms with van der Waals surface area (Å²) in [6, 6.07) is 0. The molecule has 63 heavy (non-hydrogen) atoms. The molecule has 0 aromatic heterocycles. The molecule has 364 valence electrons. The topological polar surface area (TPSA) is 210 Å². The Bertz CT molecular complexity index is 1330. The first-order chi connectivity index (χ1) is 30.4. The summed E-state index contributed by atoms with van der Waals surface area (Å²) < 4.78 is 33.5. The van der Waals surface area contributed by atoms with E-state index in [0.29, 0.717) is 19.3 Å². The van der Waals surface area contributed by atoms with Gasteiger partial charge in [0, 0.05) is 12.8 Å². The van der Waals surface area contributed by atoms with Gasteiger partial charge in [-0.2, -0.15) is 0 Å². The van der Waals surface area contributed by atoms with E-state index in [2.05, 4.69) is 56.4 Å². The van der Waals surface area contributed by atoms with Gasteiger partial charge in [-0.25, -0.2) is 4.57 Å². The Hall–Kier alpha value is -2.45. The summed E-state index contributed by atoms with van der Waals surface area (Å²) in [6.45, 7) is 3.22. The lowest BCUT2D eigenvalue weighted by Gasteiger charge is -2.41. The zero-order valence-corrected chi connectivity index (χ0v) is 39.5. The summed E-state index contributed by atoms with van der Waals surface area (Å²) in [6.07, 6.45) is 34.3. The highest BCUT2D eigenvalue weighted by molar-refractivity contribution is 7.47. The molecule has 1 rings (SSSR count). The minimum atomic E-state index is -5.14. The van der Waals surface area contributed by atoms with Crippen molar-refractivity contribution in [2.75, 3.05) is 13.2 Å². The first-order valence-electron chi connectivity index (χ1n) is 24.1. The molecule has 14 heteroatoms. The maximum Gasteiger partial charge on any atom is 0.472 e. The number of aliphatic hydroxyl groups excluding tert-OH is 5. The van der Waals surface area contributed by atoms with Gasteiger partial charge in [0.05, 0.1) is 6.61 Å². The quantitative estimate of drug-likeness (QED) is 0.0147. The molecule has 0 aliphatic heterocycles. The van der Waals surface area contributed by atoms with Gasteiger partial charge >= 0.3 is 19.8 Å². The van der Waals surface area contributed by atoms with Gasteiger partial charge in [-0.15, -0.1) is 0 Å². The number of carbonyl (C=O) groups is 2. The lowest BCUT2D eigenvalue weighted by molar-refractivity contribution is -0.220. The number of esters is 2. The lowest BCUT2D eigenvalue weighted by atomic mass is 9.85.